The zero-order valence-corrected chi connectivity index (χ0v) is 15.0. The predicted octanol–water partition coefficient (Wildman–Crippen LogP) is 2.71. The number of ether oxygens (including phenoxy) is 2. The van der Waals surface area contributed by atoms with Crippen molar-refractivity contribution in [2.75, 3.05) is 26.3 Å². The second kappa shape index (κ2) is 7.60. The number of carbonyl (C=O) groups is 1. The van der Waals surface area contributed by atoms with Crippen LogP contribution < -0.4 is 4.74 Å². The second-order valence-electron chi connectivity index (χ2n) is 7.24. The van der Waals surface area contributed by atoms with Crippen LogP contribution in [0.15, 0.2) is 42.9 Å². The van der Waals surface area contributed by atoms with Gasteiger partial charge in [0.15, 0.2) is 0 Å². The molecule has 3 heterocycles. The molecule has 7 heteroatoms. The minimum Gasteiger partial charge on any atom is -0.477 e. The van der Waals surface area contributed by atoms with E-state index < -0.39 is 0 Å². The molecule has 1 atom stereocenters. The van der Waals surface area contributed by atoms with E-state index in [9.17, 15) is 9.18 Å². The van der Waals surface area contributed by atoms with Crippen LogP contribution in [-0.4, -0.2) is 52.7 Å². The number of hydrogen-bond acceptors (Lipinski definition) is 5. The monoisotopic (exact) mass is 371 g/mol. The smallest absolute Gasteiger partial charge is 0.254 e. The maximum absolute atomic E-state index is 13.0. The van der Waals surface area contributed by atoms with Gasteiger partial charge in [-0.1, -0.05) is 0 Å². The molecule has 1 aromatic carbocycles. The van der Waals surface area contributed by atoms with Crippen LogP contribution in [0.5, 0.6) is 5.88 Å². The third-order valence-corrected chi connectivity index (χ3v) is 5.25. The Hall–Kier alpha value is -2.54. The Bertz CT molecular complexity index is 779. The van der Waals surface area contributed by atoms with E-state index in [1.54, 1.807) is 23.5 Å². The summed E-state index contributed by atoms with van der Waals surface area (Å²) in [5.74, 6) is 0.628. The SMILES string of the molecule is O=C(c1ccc(F)cc1)N1CC2(C[C@@H](CCOc3cnccn3)CCO2)C1. The molecule has 1 spiro atoms. The molecule has 0 radical (unpaired) electrons. The summed E-state index contributed by atoms with van der Waals surface area (Å²) in [6.45, 7) is 2.47. The maximum atomic E-state index is 13.0. The van der Waals surface area contributed by atoms with Crippen molar-refractivity contribution in [2.45, 2.75) is 24.9 Å². The Labute approximate surface area is 157 Å². The van der Waals surface area contributed by atoms with E-state index in [0.717, 1.165) is 19.3 Å². The Balaban J connectivity index is 1.26. The molecule has 0 aliphatic carbocycles. The molecular formula is C20H22FN3O3. The molecule has 0 bridgehead atoms. The first-order chi connectivity index (χ1) is 13.1. The summed E-state index contributed by atoms with van der Waals surface area (Å²) in [5, 5.41) is 0. The first-order valence-electron chi connectivity index (χ1n) is 9.21. The van der Waals surface area contributed by atoms with Gasteiger partial charge in [0.1, 0.15) is 11.4 Å². The fourth-order valence-corrected chi connectivity index (χ4v) is 3.85. The van der Waals surface area contributed by atoms with Gasteiger partial charge in [-0.15, -0.1) is 0 Å². The molecule has 2 saturated heterocycles. The van der Waals surface area contributed by atoms with Crippen LogP contribution in [0.4, 0.5) is 4.39 Å². The third kappa shape index (κ3) is 4.08. The second-order valence-corrected chi connectivity index (χ2v) is 7.24. The van der Waals surface area contributed by atoms with E-state index >= 15 is 0 Å². The van der Waals surface area contributed by atoms with Crippen molar-refractivity contribution in [3.63, 3.8) is 0 Å². The highest BCUT2D eigenvalue weighted by Crippen LogP contribution is 2.38. The lowest BCUT2D eigenvalue weighted by Crippen LogP contribution is -2.66. The summed E-state index contributed by atoms with van der Waals surface area (Å²) in [6, 6.07) is 5.67. The molecule has 2 aromatic rings. The number of benzene rings is 1. The fraction of sp³-hybridized carbons (Fsp3) is 0.450. The maximum Gasteiger partial charge on any atom is 0.254 e. The lowest BCUT2D eigenvalue weighted by atomic mass is 9.79. The number of carbonyl (C=O) groups excluding carboxylic acids is 1. The lowest BCUT2D eigenvalue weighted by molar-refractivity contribution is -0.166. The zero-order valence-electron chi connectivity index (χ0n) is 15.0. The number of rotatable bonds is 5. The molecule has 2 fully saturated rings. The number of halogens is 1. The minimum absolute atomic E-state index is 0.0719. The number of hydrogen-bond donors (Lipinski definition) is 0. The van der Waals surface area contributed by atoms with Crippen molar-refractivity contribution < 1.29 is 18.7 Å². The normalized spacial score (nSPS) is 20.9. The molecule has 27 heavy (non-hydrogen) atoms. The standard InChI is InChI=1S/C20H22FN3O3/c21-17-3-1-16(2-4-17)19(25)24-13-20(14-24)11-15(6-10-27-20)5-9-26-18-12-22-7-8-23-18/h1-4,7-8,12,15H,5-6,9-11,13-14H2/t15-/m0/s1. The summed E-state index contributed by atoms with van der Waals surface area (Å²) in [6.07, 6.45) is 7.68. The number of amides is 1. The van der Waals surface area contributed by atoms with Gasteiger partial charge in [0.2, 0.25) is 5.88 Å². The van der Waals surface area contributed by atoms with Crippen molar-refractivity contribution in [2.24, 2.45) is 5.92 Å². The average Bonchev–Trinajstić information content (AvgIpc) is 2.67. The molecule has 2 aliphatic rings. The average molecular weight is 371 g/mol. The molecule has 0 unspecified atom stereocenters. The van der Waals surface area contributed by atoms with Gasteiger partial charge >= 0.3 is 0 Å². The van der Waals surface area contributed by atoms with Crippen molar-refractivity contribution >= 4 is 5.91 Å². The molecule has 4 rings (SSSR count). The fourth-order valence-electron chi connectivity index (χ4n) is 3.85. The lowest BCUT2D eigenvalue weighted by Gasteiger charge is -2.53. The van der Waals surface area contributed by atoms with E-state index in [2.05, 4.69) is 9.97 Å². The highest BCUT2D eigenvalue weighted by atomic mass is 19.1. The van der Waals surface area contributed by atoms with E-state index in [1.165, 1.54) is 24.3 Å². The van der Waals surface area contributed by atoms with E-state index in [0.29, 0.717) is 43.7 Å². The van der Waals surface area contributed by atoms with Crippen molar-refractivity contribution in [3.8, 4) is 5.88 Å². The largest absolute Gasteiger partial charge is 0.477 e. The predicted molar refractivity (Wildman–Crippen MR) is 95.9 cm³/mol. The van der Waals surface area contributed by atoms with Gasteiger partial charge in [-0.3, -0.25) is 9.78 Å². The molecule has 142 valence electrons. The molecule has 1 amide bonds. The number of aromatic nitrogens is 2. The van der Waals surface area contributed by atoms with Crippen LogP contribution in [-0.2, 0) is 4.74 Å². The van der Waals surface area contributed by atoms with Crippen LogP contribution in [0, 0.1) is 11.7 Å². The van der Waals surface area contributed by atoms with Crippen LogP contribution >= 0.6 is 0 Å². The molecular weight excluding hydrogens is 349 g/mol. The topological polar surface area (TPSA) is 64.6 Å². The van der Waals surface area contributed by atoms with E-state index in [-0.39, 0.29) is 17.3 Å². The molecule has 6 nitrogen and oxygen atoms in total. The summed E-state index contributed by atoms with van der Waals surface area (Å²) in [5.41, 5.74) is 0.265. The van der Waals surface area contributed by atoms with Gasteiger partial charge < -0.3 is 14.4 Å². The summed E-state index contributed by atoms with van der Waals surface area (Å²) >= 11 is 0. The highest BCUT2D eigenvalue weighted by Gasteiger charge is 2.49. The molecule has 0 saturated carbocycles. The highest BCUT2D eigenvalue weighted by molar-refractivity contribution is 5.94. The van der Waals surface area contributed by atoms with Gasteiger partial charge in [0.25, 0.3) is 5.91 Å². The first kappa shape index (κ1) is 17.9. The number of likely N-dealkylation sites (tertiary alicyclic amines) is 1. The van der Waals surface area contributed by atoms with E-state index in [1.807, 2.05) is 0 Å². The third-order valence-electron chi connectivity index (χ3n) is 5.25. The number of nitrogens with zero attached hydrogens (tertiary/aromatic N) is 3. The minimum atomic E-state index is -0.339. The van der Waals surface area contributed by atoms with Crippen molar-refractivity contribution in [1.29, 1.82) is 0 Å². The van der Waals surface area contributed by atoms with Gasteiger partial charge in [-0.05, 0) is 49.4 Å². The molecule has 2 aliphatic heterocycles. The molecule has 0 N–H and O–H groups in total. The van der Waals surface area contributed by atoms with E-state index in [4.69, 9.17) is 9.47 Å². The Morgan fingerprint density at radius 1 is 1.30 bits per heavy atom. The van der Waals surface area contributed by atoms with Gasteiger partial charge in [0, 0.05) is 24.6 Å². The Morgan fingerprint density at radius 3 is 2.85 bits per heavy atom. The summed E-state index contributed by atoms with van der Waals surface area (Å²) in [7, 11) is 0. The van der Waals surface area contributed by atoms with Crippen LogP contribution in [0.2, 0.25) is 0 Å². The van der Waals surface area contributed by atoms with Gasteiger partial charge in [-0.25, -0.2) is 9.37 Å². The van der Waals surface area contributed by atoms with Gasteiger partial charge in [-0.2, -0.15) is 0 Å². The molecule has 1 aromatic heterocycles. The van der Waals surface area contributed by atoms with Crippen LogP contribution in [0.25, 0.3) is 0 Å². The zero-order chi connectivity index (χ0) is 18.7. The Kier molecular flexibility index (Phi) is 5.03. The first-order valence-corrected chi connectivity index (χ1v) is 9.21. The van der Waals surface area contributed by atoms with Crippen LogP contribution in [0.1, 0.15) is 29.6 Å². The van der Waals surface area contributed by atoms with Crippen LogP contribution in [0.3, 0.4) is 0 Å². The van der Waals surface area contributed by atoms with Crippen molar-refractivity contribution in [3.05, 3.63) is 54.2 Å². The quantitative estimate of drug-likeness (QED) is 0.809. The summed E-state index contributed by atoms with van der Waals surface area (Å²) in [4.78, 5) is 22.3. The summed E-state index contributed by atoms with van der Waals surface area (Å²) < 4.78 is 24.7. The van der Waals surface area contributed by atoms with Gasteiger partial charge in [0.05, 0.1) is 25.9 Å². The Morgan fingerprint density at radius 2 is 2.11 bits per heavy atom. The van der Waals surface area contributed by atoms with Crippen molar-refractivity contribution in [1.82, 2.24) is 14.9 Å².